The van der Waals surface area contributed by atoms with E-state index >= 15 is 0 Å². The van der Waals surface area contributed by atoms with Gasteiger partial charge in [0.05, 0.1) is 9.82 Å². The Morgan fingerprint density at radius 3 is 2.06 bits per heavy atom. The summed E-state index contributed by atoms with van der Waals surface area (Å²) in [5.41, 5.74) is 3.28. The molecule has 0 saturated heterocycles. The Morgan fingerprint density at radius 1 is 0.839 bits per heavy atom. The third kappa shape index (κ3) is 5.07. The molecule has 0 aliphatic carbocycles. The first-order chi connectivity index (χ1) is 14.6. The van der Waals surface area contributed by atoms with Gasteiger partial charge in [-0.05, 0) is 74.4 Å². The van der Waals surface area contributed by atoms with Gasteiger partial charge < -0.3 is 5.32 Å². The molecule has 0 aromatic heterocycles. The number of aryl methyl sites for hydroxylation is 3. The molecule has 0 aliphatic rings. The van der Waals surface area contributed by atoms with Crippen molar-refractivity contribution in [3.8, 4) is 0 Å². The van der Waals surface area contributed by atoms with Gasteiger partial charge in [0, 0.05) is 28.6 Å². The fourth-order valence-electron chi connectivity index (χ4n) is 2.89. The molecule has 31 heavy (non-hydrogen) atoms. The lowest BCUT2D eigenvalue weighted by Crippen LogP contribution is -2.14. The molecule has 160 valence electrons. The highest BCUT2D eigenvalue weighted by Crippen LogP contribution is 2.22. The molecule has 9 heteroatoms. The smallest absolute Gasteiger partial charge is 0.273 e. The van der Waals surface area contributed by atoms with E-state index in [2.05, 4.69) is 10.0 Å². The normalized spacial score (nSPS) is 11.1. The zero-order chi connectivity index (χ0) is 22.8. The molecule has 3 aromatic carbocycles. The number of sulfonamides is 1. The van der Waals surface area contributed by atoms with E-state index in [1.165, 1.54) is 42.5 Å². The molecule has 0 atom stereocenters. The maximum absolute atomic E-state index is 12.6. The zero-order valence-corrected chi connectivity index (χ0v) is 18.0. The lowest BCUT2D eigenvalue weighted by atomic mass is 10.1. The second-order valence-electron chi connectivity index (χ2n) is 7.14. The SMILES string of the molecule is Cc1ccc(NS(=O)(=O)c2ccc(NC(=O)c3ccc(C)c([N+](=O)[O-])c3)cc2)cc1C. The van der Waals surface area contributed by atoms with Crippen LogP contribution in [0, 0.1) is 30.9 Å². The van der Waals surface area contributed by atoms with Crippen LogP contribution in [0.4, 0.5) is 17.1 Å². The predicted molar refractivity (Wildman–Crippen MR) is 119 cm³/mol. The van der Waals surface area contributed by atoms with Gasteiger partial charge in [-0.2, -0.15) is 0 Å². The van der Waals surface area contributed by atoms with Crippen molar-refractivity contribution in [2.45, 2.75) is 25.7 Å². The maximum Gasteiger partial charge on any atom is 0.273 e. The van der Waals surface area contributed by atoms with Gasteiger partial charge in [0.15, 0.2) is 0 Å². The van der Waals surface area contributed by atoms with E-state index in [0.29, 0.717) is 16.9 Å². The molecule has 0 bridgehead atoms. The van der Waals surface area contributed by atoms with E-state index in [4.69, 9.17) is 0 Å². The molecule has 1 amide bonds. The second-order valence-corrected chi connectivity index (χ2v) is 8.82. The van der Waals surface area contributed by atoms with Crippen LogP contribution in [0.5, 0.6) is 0 Å². The molecule has 8 nitrogen and oxygen atoms in total. The van der Waals surface area contributed by atoms with E-state index in [1.807, 2.05) is 19.9 Å². The fraction of sp³-hybridized carbons (Fsp3) is 0.136. The van der Waals surface area contributed by atoms with Gasteiger partial charge >= 0.3 is 0 Å². The van der Waals surface area contributed by atoms with Crippen molar-refractivity contribution in [3.05, 3.63) is 93.0 Å². The summed E-state index contributed by atoms with van der Waals surface area (Å²) < 4.78 is 27.8. The van der Waals surface area contributed by atoms with Crippen molar-refractivity contribution in [2.24, 2.45) is 0 Å². The second kappa shape index (κ2) is 8.57. The monoisotopic (exact) mass is 439 g/mol. The number of hydrogen-bond acceptors (Lipinski definition) is 5. The highest BCUT2D eigenvalue weighted by Gasteiger charge is 2.17. The molecule has 3 rings (SSSR count). The Hall–Kier alpha value is -3.72. The Balaban J connectivity index is 1.75. The molecule has 0 aliphatic heterocycles. The zero-order valence-electron chi connectivity index (χ0n) is 17.2. The van der Waals surface area contributed by atoms with Gasteiger partial charge in [-0.25, -0.2) is 8.42 Å². The topological polar surface area (TPSA) is 118 Å². The van der Waals surface area contributed by atoms with E-state index < -0.39 is 20.9 Å². The number of benzene rings is 3. The van der Waals surface area contributed by atoms with Crippen LogP contribution in [0.25, 0.3) is 0 Å². The Labute approximate surface area is 180 Å². The van der Waals surface area contributed by atoms with Crippen LogP contribution >= 0.6 is 0 Å². The van der Waals surface area contributed by atoms with Gasteiger partial charge in [-0.15, -0.1) is 0 Å². The van der Waals surface area contributed by atoms with E-state index in [0.717, 1.165) is 11.1 Å². The molecule has 0 saturated carbocycles. The molecule has 0 unspecified atom stereocenters. The van der Waals surface area contributed by atoms with Crippen LogP contribution in [0.2, 0.25) is 0 Å². The minimum absolute atomic E-state index is 0.0368. The van der Waals surface area contributed by atoms with Crippen LogP contribution < -0.4 is 10.0 Å². The number of amides is 1. The predicted octanol–water partition coefficient (Wildman–Crippen LogP) is 4.57. The van der Waals surface area contributed by atoms with Crippen molar-refractivity contribution in [1.82, 2.24) is 0 Å². The summed E-state index contributed by atoms with van der Waals surface area (Å²) in [7, 11) is -3.80. The highest BCUT2D eigenvalue weighted by molar-refractivity contribution is 7.92. The quantitative estimate of drug-likeness (QED) is 0.431. The van der Waals surface area contributed by atoms with Crippen molar-refractivity contribution in [3.63, 3.8) is 0 Å². The molecular weight excluding hydrogens is 418 g/mol. The molecule has 2 N–H and O–H groups in total. The van der Waals surface area contributed by atoms with Gasteiger partial charge in [0.2, 0.25) is 0 Å². The fourth-order valence-corrected chi connectivity index (χ4v) is 3.94. The lowest BCUT2D eigenvalue weighted by molar-refractivity contribution is -0.385. The number of hydrogen-bond donors (Lipinski definition) is 2. The number of carbonyl (C=O) groups excluding carboxylic acids is 1. The number of carbonyl (C=O) groups is 1. The standard InChI is InChI=1S/C22H21N3O5S/c1-14-5-7-19(12-16(14)3)24-31(29,30)20-10-8-18(9-11-20)23-22(26)17-6-4-15(2)21(13-17)25(27)28/h4-13,24H,1-3H3,(H,23,26). The van der Waals surface area contributed by atoms with E-state index in [-0.39, 0.29) is 16.1 Å². The number of nitro groups is 1. The minimum atomic E-state index is -3.80. The first kappa shape index (κ1) is 22.0. The van der Waals surface area contributed by atoms with Crippen molar-refractivity contribution >= 4 is 33.0 Å². The summed E-state index contributed by atoms with van der Waals surface area (Å²) in [5.74, 6) is -0.535. The lowest BCUT2D eigenvalue weighted by Gasteiger charge is -2.11. The summed E-state index contributed by atoms with van der Waals surface area (Å²) in [6.45, 7) is 5.42. The van der Waals surface area contributed by atoms with E-state index in [9.17, 15) is 23.3 Å². The van der Waals surface area contributed by atoms with Crippen molar-refractivity contribution in [2.75, 3.05) is 10.0 Å². The van der Waals surface area contributed by atoms with Crippen LogP contribution in [0.1, 0.15) is 27.0 Å². The Bertz CT molecular complexity index is 1270. The Morgan fingerprint density at radius 2 is 1.45 bits per heavy atom. The third-order valence-electron chi connectivity index (χ3n) is 4.85. The first-order valence-electron chi connectivity index (χ1n) is 9.33. The van der Waals surface area contributed by atoms with Gasteiger partial charge in [0.1, 0.15) is 0 Å². The number of anilines is 2. The van der Waals surface area contributed by atoms with Gasteiger partial charge in [-0.1, -0.05) is 12.1 Å². The molecule has 0 radical (unpaired) electrons. The molecule has 0 heterocycles. The molecule has 0 spiro atoms. The summed E-state index contributed by atoms with van der Waals surface area (Å²) in [6.07, 6.45) is 0. The van der Waals surface area contributed by atoms with E-state index in [1.54, 1.807) is 19.1 Å². The Kier molecular flexibility index (Phi) is 6.07. The first-order valence-corrected chi connectivity index (χ1v) is 10.8. The largest absolute Gasteiger partial charge is 0.322 e. The van der Waals surface area contributed by atoms with Gasteiger partial charge in [0.25, 0.3) is 21.6 Å². The summed E-state index contributed by atoms with van der Waals surface area (Å²) in [4.78, 5) is 23.0. The van der Waals surface area contributed by atoms with Crippen molar-refractivity contribution in [1.29, 1.82) is 0 Å². The average molecular weight is 439 g/mol. The number of rotatable bonds is 6. The van der Waals surface area contributed by atoms with Gasteiger partial charge in [-0.3, -0.25) is 19.6 Å². The molecule has 3 aromatic rings. The van der Waals surface area contributed by atoms with Crippen molar-refractivity contribution < 1.29 is 18.1 Å². The number of nitrogens with one attached hydrogen (secondary N) is 2. The summed E-state index contributed by atoms with van der Waals surface area (Å²) in [5, 5.41) is 13.7. The maximum atomic E-state index is 12.6. The van der Waals surface area contributed by atoms with Crippen LogP contribution in [-0.2, 0) is 10.0 Å². The average Bonchev–Trinajstić information content (AvgIpc) is 2.71. The highest BCUT2D eigenvalue weighted by atomic mass is 32.2. The third-order valence-corrected chi connectivity index (χ3v) is 6.25. The van der Waals surface area contributed by atoms with Crippen LogP contribution in [-0.4, -0.2) is 19.2 Å². The number of nitrogens with zero attached hydrogens (tertiary/aromatic N) is 1. The van der Waals surface area contributed by atoms with Crippen LogP contribution in [0.3, 0.4) is 0 Å². The number of nitro benzene ring substituents is 1. The summed E-state index contributed by atoms with van der Waals surface area (Å²) >= 11 is 0. The minimum Gasteiger partial charge on any atom is -0.322 e. The summed E-state index contributed by atoms with van der Waals surface area (Å²) in [6, 6.07) is 15.1. The van der Waals surface area contributed by atoms with Crippen LogP contribution in [0.15, 0.2) is 65.6 Å². The molecular formula is C22H21N3O5S. The molecule has 0 fully saturated rings.